The lowest BCUT2D eigenvalue weighted by molar-refractivity contribution is -0.137. The molecule has 0 bridgehead atoms. The number of benzene rings is 2. The van der Waals surface area contributed by atoms with Crippen LogP contribution in [0.4, 0.5) is 18.9 Å². The summed E-state index contributed by atoms with van der Waals surface area (Å²) < 4.78 is 43.9. The molecule has 0 heterocycles. The zero-order valence-electron chi connectivity index (χ0n) is 11.0. The van der Waals surface area contributed by atoms with Crippen LogP contribution in [0.25, 0.3) is 0 Å². The van der Waals surface area contributed by atoms with Crippen molar-refractivity contribution in [2.45, 2.75) is 6.18 Å². The minimum Gasteiger partial charge on any atom is -0.497 e. The number of aliphatic imine (C=N–C) groups is 1. The molecule has 0 unspecified atom stereocenters. The molecule has 0 saturated carbocycles. The van der Waals surface area contributed by atoms with Crippen LogP contribution < -0.4 is 4.74 Å². The van der Waals surface area contributed by atoms with E-state index in [0.29, 0.717) is 10.6 Å². The summed E-state index contributed by atoms with van der Waals surface area (Å²) in [4.78, 5) is 3.89. The lowest BCUT2D eigenvalue weighted by atomic mass is 10.1. The predicted molar refractivity (Wildman–Crippen MR) is 76.7 cm³/mol. The highest BCUT2D eigenvalue weighted by Crippen LogP contribution is 2.38. The summed E-state index contributed by atoms with van der Waals surface area (Å²) in [6, 6.07) is 10.4. The van der Waals surface area contributed by atoms with Crippen LogP contribution in [0.2, 0.25) is 5.02 Å². The van der Waals surface area contributed by atoms with Crippen LogP contribution in [0, 0.1) is 0 Å². The third-order valence-corrected chi connectivity index (χ3v) is 3.10. The summed E-state index contributed by atoms with van der Waals surface area (Å²) in [5, 5.41) is 0.420. The first-order valence-electron chi connectivity index (χ1n) is 5.95. The number of hydrogen-bond donors (Lipinski definition) is 0. The maximum Gasteiger partial charge on any atom is 0.418 e. The molecule has 110 valence electrons. The maximum absolute atomic E-state index is 13.0. The topological polar surface area (TPSA) is 21.6 Å². The molecule has 0 aromatic heterocycles. The minimum absolute atomic E-state index is 0.124. The third-order valence-electron chi connectivity index (χ3n) is 2.76. The highest BCUT2D eigenvalue weighted by atomic mass is 35.5. The van der Waals surface area contributed by atoms with Crippen LogP contribution >= 0.6 is 11.6 Å². The molecular formula is C15H11ClF3NO. The van der Waals surface area contributed by atoms with Gasteiger partial charge in [-0.05, 0) is 24.3 Å². The Hall–Kier alpha value is -2.01. The molecule has 0 aliphatic rings. The van der Waals surface area contributed by atoms with Gasteiger partial charge in [0, 0.05) is 16.8 Å². The molecule has 6 heteroatoms. The second-order valence-electron chi connectivity index (χ2n) is 4.16. The molecule has 0 atom stereocenters. The van der Waals surface area contributed by atoms with E-state index in [1.54, 1.807) is 24.3 Å². The minimum atomic E-state index is -4.51. The van der Waals surface area contributed by atoms with Gasteiger partial charge in [-0.15, -0.1) is 0 Å². The lowest BCUT2D eigenvalue weighted by Crippen LogP contribution is -2.05. The van der Waals surface area contributed by atoms with Crippen LogP contribution in [-0.4, -0.2) is 13.3 Å². The standard InChI is InChI=1S/C15H11ClF3NO/c1-21-11-6-7-14(12(8-11)15(17,18)19)20-9-10-4-2-3-5-13(10)16/h2-9H,1H3. The fraction of sp³-hybridized carbons (Fsp3) is 0.133. The van der Waals surface area contributed by atoms with Gasteiger partial charge in [-0.1, -0.05) is 29.8 Å². The van der Waals surface area contributed by atoms with Gasteiger partial charge in [0.15, 0.2) is 0 Å². The number of ether oxygens (including phenoxy) is 1. The molecule has 2 nitrogen and oxygen atoms in total. The largest absolute Gasteiger partial charge is 0.497 e. The fourth-order valence-electron chi connectivity index (χ4n) is 1.70. The monoisotopic (exact) mass is 313 g/mol. The van der Waals surface area contributed by atoms with E-state index in [2.05, 4.69) is 4.99 Å². The lowest BCUT2D eigenvalue weighted by Gasteiger charge is -2.11. The fourth-order valence-corrected chi connectivity index (χ4v) is 1.89. The first-order valence-corrected chi connectivity index (χ1v) is 6.33. The Morgan fingerprint density at radius 1 is 1.14 bits per heavy atom. The molecule has 0 aliphatic heterocycles. The Balaban J connectivity index is 2.42. The van der Waals surface area contributed by atoms with Gasteiger partial charge in [0.2, 0.25) is 0 Å². The van der Waals surface area contributed by atoms with Crippen molar-refractivity contribution in [3.05, 3.63) is 58.6 Å². The second-order valence-corrected chi connectivity index (χ2v) is 4.57. The van der Waals surface area contributed by atoms with Gasteiger partial charge in [0.1, 0.15) is 5.75 Å². The van der Waals surface area contributed by atoms with Gasteiger partial charge in [-0.2, -0.15) is 13.2 Å². The Morgan fingerprint density at radius 3 is 2.48 bits per heavy atom. The van der Waals surface area contributed by atoms with Crippen molar-refractivity contribution in [3.8, 4) is 5.75 Å². The van der Waals surface area contributed by atoms with E-state index >= 15 is 0 Å². The van der Waals surface area contributed by atoms with E-state index in [1.165, 1.54) is 25.5 Å². The summed E-state index contributed by atoms with van der Waals surface area (Å²) in [5.41, 5.74) is -0.503. The number of rotatable bonds is 3. The van der Waals surface area contributed by atoms with Crippen LogP contribution in [0.15, 0.2) is 47.5 Å². The summed E-state index contributed by atoms with van der Waals surface area (Å²) in [5.74, 6) is 0.124. The Kier molecular flexibility index (Phi) is 4.53. The molecular weight excluding hydrogens is 303 g/mol. The van der Waals surface area contributed by atoms with Crippen molar-refractivity contribution in [1.82, 2.24) is 0 Å². The Labute approximate surface area is 124 Å². The molecule has 0 fully saturated rings. The number of methoxy groups -OCH3 is 1. The molecule has 2 aromatic carbocycles. The average Bonchev–Trinajstić information content (AvgIpc) is 2.45. The van der Waals surface area contributed by atoms with E-state index in [1.807, 2.05) is 0 Å². The number of hydrogen-bond acceptors (Lipinski definition) is 2. The van der Waals surface area contributed by atoms with E-state index in [4.69, 9.17) is 16.3 Å². The van der Waals surface area contributed by atoms with Crippen molar-refractivity contribution in [2.24, 2.45) is 4.99 Å². The highest BCUT2D eigenvalue weighted by Gasteiger charge is 2.34. The molecule has 0 saturated heterocycles. The Bertz CT molecular complexity index is 668. The van der Waals surface area contributed by atoms with Crippen molar-refractivity contribution >= 4 is 23.5 Å². The van der Waals surface area contributed by atoms with Gasteiger partial charge >= 0.3 is 6.18 Å². The zero-order chi connectivity index (χ0) is 15.5. The van der Waals surface area contributed by atoms with E-state index in [9.17, 15) is 13.2 Å². The summed E-state index contributed by atoms with van der Waals surface area (Å²) in [6.07, 6.45) is -3.21. The first-order chi connectivity index (χ1) is 9.91. The normalized spacial score (nSPS) is 11.9. The highest BCUT2D eigenvalue weighted by molar-refractivity contribution is 6.33. The molecule has 0 spiro atoms. The number of halogens is 4. The quantitative estimate of drug-likeness (QED) is 0.721. The summed E-state index contributed by atoms with van der Waals surface area (Å²) in [6.45, 7) is 0. The predicted octanol–water partition coefficient (Wildman–Crippen LogP) is 5.12. The van der Waals surface area contributed by atoms with E-state index < -0.39 is 11.7 Å². The van der Waals surface area contributed by atoms with Gasteiger partial charge in [-0.3, -0.25) is 4.99 Å². The van der Waals surface area contributed by atoms with E-state index in [0.717, 1.165) is 6.07 Å². The molecule has 0 radical (unpaired) electrons. The van der Waals surface area contributed by atoms with Crippen LogP contribution in [0.5, 0.6) is 5.75 Å². The van der Waals surface area contributed by atoms with Crippen LogP contribution in [-0.2, 0) is 6.18 Å². The van der Waals surface area contributed by atoms with Crippen molar-refractivity contribution in [3.63, 3.8) is 0 Å². The van der Waals surface area contributed by atoms with Crippen LogP contribution in [0.1, 0.15) is 11.1 Å². The van der Waals surface area contributed by atoms with E-state index in [-0.39, 0.29) is 11.4 Å². The molecule has 0 amide bonds. The SMILES string of the molecule is COc1ccc(N=Cc2ccccc2Cl)c(C(F)(F)F)c1. The molecule has 0 aliphatic carbocycles. The van der Waals surface area contributed by atoms with Crippen molar-refractivity contribution < 1.29 is 17.9 Å². The van der Waals surface area contributed by atoms with Gasteiger partial charge < -0.3 is 4.74 Å². The molecule has 2 aromatic rings. The average molecular weight is 314 g/mol. The maximum atomic E-state index is 13.0. The summed E-state index contributed by atoms with van der Waals surface area (Å²) in [7, 11) is 1.31. The second kappa shape index (κ2) is 6.18. The first kappa shape index (κ1) is 15.4. The number of nitrogens with zero attached hydrogens (tertiary/aromatic N) is 1. The van der Waals surface area contributed by atoms with Crippen molar-refractivity contribution in [2.75, 3.05) is 7.11 Å². The van der Waals surface area contributed by atoms with Crippen LogP contribution in [0.3, 0.4) is 0 Å². The summed E-state index contributed by atoms with van der Waals surface area (Å²) >= 11 is 5.93. The van der Waals surface area contributed by atoms with Gasteiger partial charge in [0.25, 0.3) is 0 Å². The van der Waals surface area contributed by atoms with Gasteiger partial charge in [-0.25, -0.2) is 0 Å². The third kappa shape index (κ3) is 3.76. The Morgan fingerprint density at radius 2 is 1.86 bits per heavy atom. The number of alkyl halides is 3. The van der Waals surface area contributed by atoms with Crippen molar-refractivity contribution in [1.29, 1.82) is 0 Å². The molecule has 21 heavy (non-hydrogen) atoms. The zero-order valence-corrected chi connectivity index (χ0v) is 11.7. The smallest absolute Gasteiger partial charge is 0.418 e. The molecule has 0 N–H and O–H groups in total. The molecule has 2 rings (SSSR count). The van der Waals surface area contributed by atoms with Gasteiger partial charge in [0.05, 0.1) is 18.4 Å².